The summed E-state index contributed by atoms with van der Waals surface area (Å²) in [6.07, 6.45) is 0. The van der Waals surface area contributed by atoms with Gasteiger partial charge < -0.3 is 4.90 Å². The second-order valence-electron chi connectivity index (χ2n) is 15.7. The van der Waals surface area contributed by atoms with Gasteiger partial charge in [-0.25, -0.2) is 0 Å². The highest BCUT2D eigenvalue weighted by Gasteiger charge is 2.41. The topological polar surface area (TPSA) is 3.24 Å². The van der Waals surface area contributed by atoms with Crippen molar-refractivity contribution in [2.75, 3.05) is 4.90 Å². The summed E-state index contributed by atoms with van der Waals surface area (Å²) in [6, 6.07) is 65.2. The van der Waals surface area contributed by atoms with Crippen LogP contribution in [-0.2, 0) is 10.8 Å². The van der Waals surface area contributed by atoms with Gasteiger partial charge in [-0.05, 0) is 90.8 Å². The molecule has 0 aromatic heterocycles. The molecule has 0 unspecified atom stereocenters. The first-order chi connectivity index (χ1) is 25.8. The van der Waals surface area contributed by atoms with E-state index in [9.17, 15) is 0 Å². The Bertz CT molecular complexity index is 2700. The van der Waals surface area contributed by atoms with Crippen LogP contribution >= 0.6 is 0 Å². The van der Waals surface area contributed by atoms with Crippen LogP contribution in [0.1, 0.15) is 49.9 Å². The van der Waals surface area contributed by atoms with Crippen LogP contribution in [0, 0.1) is 0 Å². The third-order valence-electron chi connectivity index (χ3n) is 12.0. The zero-order chi connectivity index (χ0) is 35.9. The molecule has 0 spiro atoms. The number of rotatable bonds is 5. The third-order valence-corrected chi connectivity index (χ3v) is 12.0. The predicted octanol–water partition coefficient (Wildman–Crippen LogP) is 14.3. The van der Waals surface area contributed by atoms with Gasteiger partial charge in [0.15, 0.2) is 0 Å². The van der Waals surface area contributed by atoms with Gasteiger partial charge in [-0.1, -0.05) is 179 Å². The fourth-order valence-electron chi connectivity index (χ4n) is 9.51. The lowest BCUT2D eigenvalue weighted by Gasteiger charge is -2.33. The number of anilines is 3. The van der Waals surface area contributed by atoms with Crippen molar-refractivity contribution in [3.05, 3.63) is 198 Å². The number of hydrogen-bond donors (Lipinski definition) is 0. The average Bonchev–Trinajstić information content (AvgIpc) is 3.58. The number of fused-ring (bicyclic) bond motifs is 8. The van der Waals surface area contributed by atoms with Crippen molar-refractivity contribution in [3.8, 4) is 44.5 Å². The van der Waals surface area contributed by atoms with Gasteiger partial charge in [-0.15, -0.1) is 0 Å². The molecule has 0 atom stereocenters. The Labute approximate surface area is 312 Å². The van der Waals surface area contributed by atoms with E-state index in [4.69, 9.17) is 0 Å². The van der Waals surface area contributed by atoms with E-state index < -0.39 is 0 Å². The van der Waals surface area contributed by atoms with Gasteiger partial charge in [0.25, 0.3) is 0 Å². The molecule has 10 rings (SSSR count). The van der Waals surface area contributed by atoms with E-state index in [-0.39, 0.29) is 10.8 Å². The summed E-state index contributed by atoms with van der Waals surface area (Å²) >= 11 is 0. The van der Waals surface area contributed by atoms with Crippen LogP contribution in [0.5, 0.6) is 0 Å². The Kier molecular flexibility index (Phi) is 6.94. The maximum absolute atomic E-state index is 2.55. The van der Waals surface area contributed by atoms with Crippen LogP contribution in [0.2, 0.25) is 0 Å². The van der Waals surface area contributed by atoms with Crippen molar-refractivity contribution in [2.24, 2.45) is 0 Å². The van der Waals surface area contributed by atoms with Crippen LogP contribution in [-0.4, -0.2) is 0 Å². The average molecular weight is 680 g/mol. The maximum Gasteiger partial charge on any atom is 0.0624 e. The summed E-state index contributed by atoms with van der Waals surface area (Å²) in [5.74, 6) is 0. The molecule has 0 saturated carbocycles. The normalized spacial score (nSPS) is 14.3. The van der Waals surface area contributed by atoms with E-state index in [2.05, 4.69) is 209 Å². The summed E-state index contributed by atoms with van der Waals surface area (Å²) < 4.78 is 0. The molecular weight excluding hydrogens is 639 g/mol. The zero-order valence-corrected chi connectivity index (χ0v) is 30.7. The van der Waals surface area contributed by atoms with Crippen LogP contribution < -0.4 is 4.90 Å². The number of benzene rings is 8. The monoisotopic (exact) mass is 679 g/mol. The standard InChI is InChI=1S/C52H41N/c1-51(2)44-25-15-13-21-39(44)40-32-31-38(33-46(40)51)53(37-29-27-35(28-30-37)34-17-7-5-8-18-34)50-42-23-12-11-22-41(42)49-48(47(50)36-19-9-6-10-20-36)43-24-14-16-26-45(43)52(49,3)4/h5-33H,1-4H3. The molecule has 8 aromatic rings. The molecule has 0 saturated heterocycles. The first-order valence-electron chi connectivity index (χ1n) is 18.8. The van der Waals surface area contributed by atoms with Crippen molar-refractivity contribution in [3.63, 3.8) is 0 Å². The molecule has 8 aromatic carbocycles. The van der Waals surface area contributed by atoms with E-state index >= 15 is 0 Å². The lowest BCUT2D eigenvalue weighted by atomic mass is 9.78. The zero-order valence-electron chi connectivity index (χ0n) is 30.7. The largest absolute Gasteiger partial charge is 0.309 e. The quantitative estimate of drug-likeness (QED) is 0.175. The fourth-order valence-corrected chi connectivity index (χ4v) is 9.51. The van der Waals surface area contributed by atoms with Crippen molar-refractivity contribution in [1.29, 1.82) is 0 Å². The van der Waals surface area contributed by atoms with E-state index in [0.717, 1.165) is 11.4 Å². The molecule has 1 nitrogen and oxygen atoms in total. The highest BCUT2D eigenvalue weighted by molar-refractivity contribution is 6.16. The molecule has 0 N–H and O–H groups in total. The molecule has 2 aliphatic rings. The van der Waals surface area contributed by atoms with E-state index in [1.54, 1.807) is 0 Å². The first kappa shape index (κ1) is 31.5. The fraction of sp³-hybridized carbons (Fsp3) is 0.115. The molecule has 2 aliphatic carbocycles. The van der Waals surface area contributed by atoms with E-state index in [1.807, 2.05) is 0 Å². The molecule has 0 amide bonds. The van der Waals surface area contributed by atoms with Gasteiger partial charge in [-0.2, -0.15) is 0 Å². The Balaban J connectivity index is 1.32. The van der Waals surface area contributed by atoms with E-state index in [0.29, 0.717) is 0 Å². The van der Waals surface area contributed by atoms with Gasteiger partial charge in [0.05, 0.1) is 5.69 Å². The lowest BCUT2D eigenvalue weighted by Crippen LogP contribution is -2.18. The Morgan fingerprint density at radius 1 is 0.358 bits per heavy atom. The van der Waals surface area contributed by atoms with Gasteiger partial charge >= 0.3 is 0 Å². The summed E-state index contributed by atoms with van der Waals surface area (Å²) in [7, 11) is 0. The van der Waals surface area contributed by atoms with E-state index in [1.165, 1.54) is 83.2 Å². The summed E-state index contributed by atoms with van der Waals surface area (Å²) in [4.78, 5) is 2.55. The second-order valence-corrected chi connectivity index (χ2v) is 15.7. The van der Waals surface area contributed by atoms with Crippen LogP contribution in [0.15, 0.2) is 176 Å². The van der Waals surface area contributed by atoms with Gasteiger partial charge in [-0.3, -0.25) is 0 Å². The minimum atomic E-state index is -0.168. The van der Waals surface area contributed by atoms with Crippen LogP contribution in [0.4, 0.5) is 17.1 Å². The van der Waals surface area contributed by atoms with Gasteiger partial charge in [0, 0.05) is 33.2 Å². The molecule has 0 radical (unpaired) electrons. The number of hydrogen-bond acceptors (Lipinski definition) is 1. The summed E-state index contributed by atoms with van der Waals surface area (Å²) in [6.45, 7) is 9.55. The smallest absolute Gasteiger partial charge is 0.0624 e. The molecule has 0 fully saturated rings. The van der Waals surface area contributed by atoms with Crippen molar-refractivity contribution >= 4 is 27.8 Å². The Hall–Kier alpha value is -6.18. The highest BCUT2D eigenvalue weighted by Crippen LogP contribution is 2.60. The SMILES string of the molecule is CC1(C)c2ccccc2-c2ccc(N(c3ccc(-c4ccccc4)cc3)c3c(-c4ccccc4)c4c(c5ccccc35)C(C)(C)c3ccccc3-4)cc21. The van der Waals surface area contributed by atoms with Crippen molar-refractivity contribution in [1.82, 2.24) is 0 Å². The second kappa shape index (κ2) is 11.7. The Morgan fingerprint density at radius 3 is 1.57 bits per heavy atom. The maximum atomic E-state index is 2.55. The van der Waals surface area contributed by atoms with Gasteiger partial charge in [0.2, 0.25) is 0 Å². The highest BCUT2D eigenvalue weighted by atomic mass is 15.1. The van der Waals surface area contributed by atoms with Crippen LogP contribution in [0.3, 0.4) is 0 Å². The molecule has 53 heavy (non-hydrogen) atoms. The minimum Gasteiger partial charge on any atom is -0.309 e. The summed E-state index contributed by atoms with van der Waals surface area (Å²) in [5.41, 5.74) is 19.0. The first-order valence-corrected chi connectivity index (χ1v) is 18.8. The lowest BCUT2D eigenvalue weighted by molar-refractivity contribution is 0.660. The molecular formula is C52H41N. The van der Waals surface area contributed by atoms with Crippen LogP contribution in [0.25, 0.3) is 55.3 Å². The molecule has 254 valence electrons. The predicted molar refractivity (Wildman–Crippen MR) is 225 cm³/mol. The molecule has 1 heteroatoms. The number of nitrogens with zero attached hydrogens (tertiary/aromatic N) is 1. The molecule has 0 heterocycles. The van der Waals surface area contributed by atoms with Gasteiger partial charge in [0.1, 0.15) is 0 Å². The third kappa shape index (κ3) is 4.63. The minimum absolute atomic E-state index is 0.129. The molecule has 0 aliphatic heterocycles. The molecule has 0 bridgehead atoms. The van der Waals surface area contributed by atoms with Crippen molar-refractivity contribution < 1.29 is 0 Å². The van der Waals surface area contributed by atoms with Crippen molar-refractivity contribution in [2.45, 2.75) is 38.5 Å². The summed E-state index contributed by atoms with van der Waals surface area (Å²) in [5, 5.41) is 2.55. The Morgan fingerprint density at radius 2 is 0.868 bits per heavy atom.